The van der Waals surface area contributed by atoms with Crippen LogP contribution in [0.2, 0.25) is 15.5 Å². The van der Waals surface area contributed by atoms with Gasteiger partial charge >= 0.3 is 0 Å². The Balaban J connectivity index is 0.000000172. The van der Waals surface area contributed by atoms with Crippen LogP contribution in [0.4, 0.5) is 5.82 Å². The Morgan fingerprint density at radius 3 is 1.53 bits per heavy atom. The fourth-order valence-corrected chi connectivity index (χ4v) is 3.10. The molecule has 4 aromatic rings. The number of anilines is 1. The van der Waals surface area contributed by atoms with Crippen LogP contribution in [-0.4, -0.2) is 48.3 Å². The number of hydrogen-bond donors (Lipinski definition) is 0. The van der Waals surface area contributed by atoms with E-state index >= 15 is 0 Å². The van der Waals surface area contributed by atoms with Crippen molar-refractivity contribution in [1.82, 2.24) is 19.9 Å². The molecule has 7 nitrogen and oxygen atoms in total. The third-order valence-corrected chi connectivity index (χ3v) is 4.90. The zero-order valence-electron chi connectivity index (χ0n) is 16.7. The number of methoxy groups -OCH3 is 2. The highest BCUT2D eigenvalue weighted by atomic mass is 35.5. The lowest BCUT2D eigenvalue weighted by Crippen LogP contribution is -2.12. The molecule has 0 amide bonds. The van der Waals surface area contributed by atoms with E-state index in [0.717, 1.165) is 16.8 Å². The molecule has 0 aliphatic rings. The van der Waals surface area contributed by atoms with Crippen LogP contribution in [0.3, 0.4) is 0 Å². The van der Waals surface area contributed by atoms with Crippen molar-refractivity contribution < 1.29 is 9.47 Å². The molecule has 0 N–H and O–H groups in total. The third-order valence-electron chi connectivity index (χ3n) is 4.03. The maximum Gasteiger partial charge on any atom is 0.172 e. The lowest BCUT2D eigenvalue weighted by atomic mass is 10.3. The standard InChI is InChI=1S/C11H12ClN3O.C9H6Cl2N2O/c1-15(2)11-10(12)13-8-5-4-7(16-3)6-9(8)14-11;1-14-5-2-3-6-7(4-5)13-9(11)8(10)12-6/h4-6H,1-3H3;2-4H,1H3. The fourth-order valence-electron chi connectivity index (χ4n) is 2.53. The van der Waals surface area contributed by atoms with Crippen LogP contribution in [0, 0.1) is 0 Å². The minimum Gasteiger partial charge on any atom is -0.497 e. The van der Waals surface area contributed by atoms with Crippen LogP contribution < -0.4 is 14.4 Å². The summed E-state index contributed by atoms with van der Waals surface area (Å²) >= 11 is 17.5. The van der Waals surface area contributed by atoms with Gasteiger partial charge in [0, 0.05) is 26.2 Å². The molecule has 2 aromatic carbocycles. The second-order valence-electron chi connectivity index (χ2n) is 6.25. The molecule has 0 fully saturated rings. The highest BCUT2D eigenvalue weighted by Crippen LogP contribution is 2.26. The molecule has 30 heavy (non-hydrogen) atoms. The van der Waals surface area contributed by atoms with Gasteiger partial charge in [-0.05, 0) is 24.3 Å². The summed E-state index contributed by atoms with van der Waals surface area (Å²) in [7, 11) is 6.97. The van der Waals surface area contributed by atoms with E-state index in [9.17, 15) is 0 Å². The molecule has 4 rings (SSSR count). The summed E-state index contributed by atoms with van der Waals surface area (Å²) in [5.74, 6) is 2.13. The van der Waals surface area contributed by atoms with Gasteiger partial charge in [-0.1, -0.05) is 34.8 Å². The van der Waals surface area contributed by atoms with Gasteiger partial charge in [-0.15, -0.1) is 0 Å². The number of fused-ring (bicyclic) bond motifs is 2. The van der Waals surface area contributed by atoms with Crippen molar-refractivity contribution in [3.63, 3.8) is 0 Å². The molecule has 2 aromatic heterocycles. The summed E-state index contributed by atoms with van der Waals surface area (Å²) < 4.78 is 10.2. The maximum absolute atomic E-state index is 6.03. The van der Waals surface area contributed by atoms with Crippen LogP contribution in [-0.2, 0) is 0 Å². The average molecular weight is 467 g/mol. The Bertz CT molecular complexity index is 1200. The average Bonchev–Trinajstić information content (AvgIpc) is 2.73. The van der Waals surface area contributed by atoms with E-state index in [1.807, 2.05) is 37.2 Å². The Labute approximate surface area is 188 Å². The van der Waals surface area contributed by atoms with Crippen molar-refractivity contribution in [2.45, 2.75) is 0 Å². The van der Waals surface area contributed by atoms with Crippen LogP contribution in [0.1, 0.15) is 0 Å². The van der Waals surface area contributed by atoms with Gasteiger partial charge in [0.2, 0.25) is 0 Å². The first kappa shape index (κ1) is 22.1. The number of halogens is 3. The Kier molecular flexibility index (Phi) is 6.97. The molecule has 0 atom stereocenters. The van der Waals surface area contributed by atoms with Gasteiger partial charge in [-0.3, -0.25) is 0 Å². The fraction of sp³-hybridized carbons (Fsp3) is 0.200. The van der Waals surface area contributed by atoms with Crippen molar-refractivity contribution in [3.8, 4) is 11.5 Å². The zero-order chi connectivity index (χ0) is 21.8. The Morgan fingerprint density at radius 2 is 1.07 bits per heavy atom. The molecule has 0 unspecified atom stereocenters. The molecule has 0 bridgehead atoms. The number of nitrogens with zero attached hydrogens (tertiary/aromatic N) is 5. The number of benzene rings is 2. The van der Waals surface area contributed by atoms with Crippen molar-refractivity contribution in [2.24, 2.45) is 0 Å². The zero-order valence-corrected chi connectivity index (χ0v) is 18.9. The molecule has 0 spiro atoms. The molecular formula is C20H18Cl3N5O2. The molecule has 2 heterocycles. The number of rotatable bonds is 3. The summed E-state index contributed by atoms with van der Waals surface area (Å²) in [6.07, 6.45) is 0. The molecule has 0 aliphatic carbocycles. The van der Waals surface area contributed by atoms with Crippen molar-refractivity contribution in [2.75, 3.05) is 33.2 Å². The number of hydrogen-bond acceptors (Lipinski definition) is 7. The number of ether oxygens (including phenoxy) is 2. The summed E-state index contributed by atoms with van der Waals surface area (Å²) in [5, 5.41) is 0.819. The molecule has 0 radical (unpaired) electrons. The predicted octanol–water partition coefficient (Wildman–Crippen LogP) is 5.30. The van der Waals surface area contributed by atoms with Crippen molar-refractivity contribution in [3.05, 3.63) is 51.9 Å². The van der Waals surface area contributed by atoms with Gasteiger partial charge in [0.1, 0.15) is 11.5 Å². The van der Waals surface area contributed by atoms with E-state index in [2.05, 4.69) is 19.9 Å². The topological polar surface area (TPSA) is 73.3 Å². The van der Waals surface area contributed by atoms with Crippen LogP contribution in [0.25, 0.3) is 22.1 Å². The van der Waals surface area contributed by atoms with E-state index in [-0.39, 0.29) is 10.3 Å². The summed E-state index contributed by atoms with van der Waals surface area (Å²) in [4.78, 5) is 18.7. The first-order chi connectivity index (χ1) is 14.3. The summed E-state index contributed by atoms with van der Waals surface area (Å²) in [6, 6.07) is 10.8. The van der Waals surface area contributed by atoms with E-state index in [1.165, 1.54) is 0 Å². The smallest absolute Gasteiger partial charge is 0.172 e. The van der Waals surface area contributed by atoms with E-state index < -0.39 is 0 Å². The van der Waals surface area contributed by atoms with Crippen molar-refractivity contribution >= 4 is 62.7 Å². The highest BCUT2D eigenvalue weighted by molar-refractivity contribution is 6.40. The molecule has 0 saturated carbocycles. The molecule has 156 valence electrons. The lowest BCUT2D eigenvalue weighted by molar-refractivity contribution is 0.415. The monoisotopic (exact) mass is 465 g/mol. The molecule has 0 saturated heterocycles. The minimum absolute atomic E-state index is 0.201. The van der Waals surface area contributed by atoms with Gasteiger partial charge in [0.15, 0.2) is 21.3 Å². The molecule has 10 heteroatoms. The predicted molar refractivity (Wildman–Crippen MR) is 122 cm³/mol. The van der Waals surface area contributed by atoms with Gasteiger partial charge in [0.05, 0.1) is 36.3 Å². The SMILES string of the molecule is COc1ccc2nc(Cl)c(Cl)nc2c1.COc1ccc2nc(Cl)c(N(C)C)nc2c1. The van der Waals surface area contributed by atoms with Gasteiger partial charge in [-0.25, -0.2) is 19.9 Å². The van der Waals surface area contributed by atoms with Crippen LogP contribution >= 0.6 is 34.8 Å². The quantitative estimate of drug-likeness (QED) is 0.405. The Hall–Kier alpha value is -2.61. The van der Waals surface area contributed by atoms with E-state index in [4.69, 9.17) is 44.3 Å². The van der Waals surface area contributed by atoms with Gasteiger partial charge in [-0.2, -0.15) is 0 Å². The molecule has 0 aliphatic heterocycles. The van der Waals surface area contributed by atoms with E-state index in [1.54, 1.807) is 32.4 Å². The van der Waals surface area contributed by atoms with E-state index in [0.29, 0.717) is 27.8 Å². The van der Waals surface area contributed by atoms with Crippen LogP contribution in [0.5, 0.6) is 11.5 Å². The number of aromatic nitrogens is 4. The first-order valence-electron chi connectivity index (χ1n) is 8.67. The summed E-state index contributed by atoms with van der Waals surface area (Å²) in [6.45, 7) is 0. The normalized spacial score (nSPS) is 10.5. The third kappa shape index (κ3) is 4.92. The van der Waals surface area contributed by atoms with Crippen LogP contribution in [0.15, 0.2) is 36.4 Å². The maximum atomic E-state index is 6.03. The second-order valence-corrected chi connectivity index (χ2v) is 7.32. The molecular weight excluding hydrogens is 449 g/mol. The van der Waals surface area contributed by atoms with Crippen molar-refractivity contribution in [1.29, 1.82) is 0 Å². The second kappa shape index (κ2) is 9.47. The first-order valence-corrected chi connectivity index (χ1v) is 9.81. The summed E-state index contributed by atoms with van der Waals surface area (Å²) in [5.41, 5.74) is 2.89. The largest absolute Gasteiger partial charge is 0.497 e. The van der Waals surface area contributed by atoms with Gasteiger partial charge < -0.3 is 14.4 Å². The Morgan fingerprint density at radius 1 is 0.633 bits per heavy atom. The highest BCUT2D eigenvalue weighted by Gasteiger charge is 2.09. The van der Waals surface area contributed by atoms with Gasteiger partial charge in [0.25, 0.3) is 0 Å². The lowest BCUT2D eigenvalue weighted by Gasteiger charge is -2.13. The minimum atomic E-state index is 0.201.